The molecular formula is C17H26ClN3O2. The van der Waals surface area contributed by atoms with Gasteiger partial charge in [0.15, 0.2) is 0 Å². The van der Waals surface area contributed by atoms with Crippen molar-refractivity contribution in [3.63, 3.8) is 0 Å². The van der Waals surface area contributed by atoms with Gasteiger partial charge in [-0.05, 0) is 44.4 Å². The van der Waals surface area contributed by atoms with E-state index in [4.69, 9.17) is 5.73 Å². The van der Waals surface area contributed by atoms with Crippen molar-refractivity contribution in [1.82, 2.24) is 5.32 Å². The van der Waals surface area contributed by atoms with E-state index in [9.17, 15) is 9.59 Å². The van der Waals surface area contributed by atoms with Crippen LogP contribution in [-0.4, -0.2) is 17.9 Å². The maximum atomic E-state index is 12.1. The van der Waals surface area contributed by atoms with Crippen LogP contribution in [0.4, 0.5) is 11.4 Å². The van der Waals surface area contributed by atoms with Crippen molar-refractivity contribution >= 4 is 35.6 Å². The van der Waals surface area contributed by atoms with E-state index >= 15 is 0 Å². The summed E-state index contributed by atoms with van der Waals surface area (Å²) in [7, 11) is 0. The van der Waals surface area contributed by atoms with E-state index in [1.165, 1.54) is 0 Å². The van der Waals surface area contributed by atoms with Gasteiger partial charge < -0.3 is 16.4 Å². The predicted molar refractivity (Wildman–Crippen MR) is 95.6 cm³/mol. The van der Waals surface area contributed by atoms with Crippen molar-refractivity contribution in [2.75, 3.05) is 11.1 Å². The lowest BCUT2D eigenvalue weighted by Gasteiger charge is -2.17. The molecule has 0 aliphatic heterocycles. The predicted octanol–water partition coefficient (Wildman–Crippen LogP) is 3.02. The number of carbonyl (C=O) groups is 2. The molecule has 1 saturated carbocycles. The fourth-order valence-electron chi connectivity index (χ4n) is 2.85. The number of halogens is 1. The molecule has 1 aromatic carbocycles. The summed E-state index contributed by atoms with van der Waals surface area (Å²) in [6, 6.07) is 5.25. The van der Waals surface area contributed by atoms with Gasteiger partial charge in [-0.3, -0.25) is 9.59 Å². The van der Waals surface area contributed by atoms with E-state index in [1.54, 1.807) is 12.1 Å². The molecule has 0 bridgehead atoms. The molecule has 0 spiro atoms. The van der Waals surface area contributed by atoms with E-state index < -0.39 is 0 Å². The Morgan fingerprint density at radius 1 is 1.30 bits per heavy atom. The molecule has 0 aromatic heterocycles. The summed E-state index contributed by atoms with van der Waals surface area (Å²) in [5.74, 6) is 0.0903. The minimum absolute atomic E-state index is 0. The number of nitrogen functional groups attached to an aromatic ring is 1. The zero-order valence-corrected chi connectivity index (χ0v) is 14.5. The number of aryl methyl sites for hydroxylation is 1. The smallest absolute Gasteiger partial charge is 0.226 e. The highest BCUT2D eigenvalue weighted by Crippen LogP contribution is 2.25. The van der Waals surface area contributed by atoms with Gasteiger partial charge in [0.2, 0.25) is 11.8 Å². The molecule has 1 atom stereocenters. The van der Waals surface area contributed by atoms with Gasteiger partial charge in [-0.15, -0.1) is 12.4 Å². The van der Waals surface area contributed by atoms with Crippen LogP contribution >= 0.6 is 12.4 Å². The first kappa shape index (κ1) is 19.3. The molecule has 2 amide bonds. The number of nitrogens with two attached hydrogens (primary N) is 1. The first-order chi connectivity index (χ1) is 10.5. The lowest BCUT2D eigenvalue weighted by atomic mass is 10.1. The molecule has 5 nitrogen and oxygen atoms in total. The van der Waals surface area contributed by atoms with Gasteiger partial charge in [-0.25, -0.2) is 0 Å². The number of nitrogens with one attached hydrogen (secondary N) is 2. The molecule has 1 aromatic rings. The van der Waals surface area contributed by atoms with Crippen LogP contribution in [0.5, 0.6) is 0 Å². The molecule has 128 valence electrons. The van der Waals surface area contributed by atoms with Crippen LogP contribution in [0.15, 0.2) is 18.2 Å². The van der Waals surface area contributed by atoms with Crippen molar-refractivity contribution in [3.8, 4) is 0 Å². The van der Waals surface area contributed by atoms with Gasteiger partial charge in [0.25, 0.3) is 0 Å². The highest BCUT2D eigenvalue weighted by molar-refractivity contribution is 5.92. The Morgan fingerprint density at radius 3 is 2.61 bits per heavy atom. The largest absolute Gasteiger partial charge is 0.399 e. The highest BCUT2D eigenvalue weighted by Gasteiger charge is 2.24. The molecule has 1 unspecified atom stereocenters. The van der Waals surface area contributed by atoms with Crippen molar-refractivity contribution < 1.29 is 9.59 Å². The molecule has 0 radical (unpaired) electrons. The molecule has 4 N–H and O–H groups in total. The second-order valence-corrected chi connectivity index (χ2v) is 6.22. The normalized spacial score (nSPS) is 15.6. The summed E-state index contributed by atoms with van der Waals surface area (Å²) in [5, 5.41) is 5.79. The minimum atomic E-state index is -0.172. The van der Waals surface area contributed by atoms with Crippen LogP contribution in [0, 0.1) is 12.8 Å². The van der Waals surface area contributed by atoms with Crippen LogP contribution in [0.1, 0.15) is 44.6 Å². The maximum absolute atomic E-state index is 12.1. The molecule has 2 rings (SSSR count). The Hall–Kier alpha value is -1.75. The quantitative estimate of drug-likeness (QED) is 0.721. The lowest BCUT2D eigenvalue weighted by Crippen LogP contribution is -2.38. The summed E-state index contributed by atoms with van der Waals surface area (Å²) < 4.78 is 0. The van der Waals surface area contributed by atoms with Crippen LogP contribution in [-0.2, 0) is 9.59 Å². The Bertz CT molecular complexity index is 557. The molecule has 0 saturated heterocycles. The first-order valence-electron chi connectivity index (χ1n) is 7.92. The molecule has 1 aliphatic rings. The van der Waals surface area contributed by atoms with Crippen LogP contribution in [0.3, 0.4) is 0 Å². The average Bonchev–Trinajstić information content (AvgIpc) is 2.96. The number of hydrogen-bond donors (Lipinski definition) is 3. The fraction of sp³-hybridized carbons (Fsp3) is 0.529. The lowest BCUT2D eigenvalue weighted by molar-refractivity contribution is -0.125. The Morgan fingerprint density at radius 2 is 1.96 bits per heavy atom. The SMILES string of the molecule is Cc1ccc(N)cc1NC(=O)CC(C)NC(=O)C1CCCC1.Cl. The zero-order valence-electron chi connectivity index (χ0n) is 13.7. The fourth-order valence-corrected chi connectivity index (χ4v) is 2.85. The van der Waals surface area contributed by atoms with Crippen molar-refractivity contribution in [3.05, 3.63) is 23.8 Å². The molecule has 6 heteroatoms. The van der Waals surface area contributed by atoms with Crippen LogP contribution < -0.4 is 16.4 Å². The second kappa shape index (κ2) is 8.77. The van der Waals surface area contributed by atoms with Gasteiger partial charge >= 0.3 is 0 Å². The highest BCUT2D eigenvalue weighted by atomic mass is 35.5. The number of hydrogen-bond acceptors (Lipinski definition) is 3. The first-order valence-corrected chi connectivity index (χ1v) is 7.92. The molecule has 0 heterocycles. The Balaban J connectivity index is 0.00000264. The zero-order chi connectivity index (χ0) is 16.1. The van der Waals surface area contributed by atoms with Gasteiger partial charge in [-0.2, -0.15) is 0 Å². The van der Waals surface area contributed by atoms with E-state index in [2.05, 4.69) is 10.6 Å². The number of anilines is 2. The Labute approximate surface area is 143 Å². The van der Waals surface area contributed by atoms with Gasteiger partial charge in [0, 0.05) is 29.8 Å². The summed E-state index contributed by atoms with van der Waals surface area (Å²) in [4.78, 5) is 24.1. The average molecular weight is 340 g/mol. The third-order valence-corrected chi connectivity index (χ3v) is 4.14. The monoisotopic (exact) mass is 339 g/mol. The maximum Gasteiger partial charge on any atom is 0.226 e. The number of carbonyl (C=O) groups excluding carboxylic acids is 2. The minimum Gasteiger partial charge on any atom is -0.399 e. The second-order valence-electron chi connectivity index (χ2n) is 6.22. The molecule has 23 heavy (non-hydrogen) atoms. The molecule has 1 aliphatic carbocycles. The van der Waals surface area contributed by atoms with E-state index in [0.29, 0.717) is 5.69 Å². The summed E-state index contributed by atoms with van der Waals surface area (Å²) >= 11 is 0. The van der Waals surface area contributed by atoms with Gasteiger partial charge in [0.1, 0.15) is 0 Å². The Kier molecular flexibility index (Phi) is 7.36. The van der Waals surface area contributed by atoms with Gasteiger partial charge in [-0.1, -0.05) is 18.9 Å². The van der Waals surface area contributed by atoms with E-state index in [-0.39, 0.29) is 42.6 Å². The van der Waals surface area contributed by atoms with E-state index in [0.717, 1.165) is 36.9 Å². The topological polar surface area (TPSA) is 84.2 Å². The third-order valence-electron chi connectivity index (χ3n) is 4.14. The third kappa shape index (κ3) is 5.75. The summed E-state index contributed by atoms with van der Waals surface area (Å²) in [6.45, 7) is 3.78. The standard InChI is InChI=1S/C17H25N3O2.ClH/c1-11-7-8-14(18)10-15(11)20-16(21)9-12(2)19-17(22)13-5-3-4-6-13;/h7-8,10,12-13H,3-6,9,18H2,1-2H3,(H,19,22)(H,20,21);1H. The van der Waals surface area contributed by atoms with Crippen molar-refractivity contribution in [2.45, 2.75) is 52.0 Å². The molecule has 1 fully saturated rings. The summed E-state index contributed by atoms with van der Waals surface area (Å²) in [6.07, 6.45) is 4.44. The number of amides is 2. The number of benzene rings is 1. The van der Waals surface area contributed by atoms with Crippen LogP contribution in [0.25, 0.3) is 0 Å². The van der Waals surface area contributed by atoms with Gasteiger partial charge in [0.05, 0.1) is 0 Å². The molecular weight excluding hydrogens is 314 g/mol. The summed E-state index contributed by atoms with van der Waals surface area (Å²) in [5.41, 5.74) is 8.03. The van der Waals surface area contributed by atoms with Crippen LogP contribution in [0.2, 0.25) is 0 Å². The van der Waals surface area contributed by atoms with Crippen molar-refractivity contribution in [2.24, 2.45) is 5.92 Å². The number of rotatable bonds is 5. The van der Waals surface area contributed by atoms with Crippen molar-refractivity contribution in [1.29, 1.82) is 0 Å². The van der Waals surface area contributed by atoms with E-state index in [1.807, 2.05) is 19.9 Å².